The van der Waals surface area contributed by atoms with E-state index in [0.717, 1.165) is 59.6 Å². The van der Waals surface area contributed by atoms with Crippen LogP contribution < -0.4 is 15.5 Å². The fourth-order valence-electron chi connectivity index (χ4n) is 6.73. The fraction of sp³-hybridized carbons (Fsp3) is 0.256. The molecule has 1 atom stereocenters. The van der Waals surface area contributed by atoms with Crippen molar-refractivity contribution in [2.24, 2.45) is 5.92 Å². The van der Waals surface area contributed by atoms with Gasteiger partial charge in [-0.15, -0.1) is 0 Å². The number of hydrogen-bond donors (Lipinski definition) is 2. The van der Waals surface area contributed by atoms with E-state index in [1.54, 1.807) is 12.1 Å². The van der Waals surface area contributed by atoms with Gasteiger partial charge in [-0.3, -0.25) is 9.59 Å². The van der Waals surface area contributed by atoms with Crippen molar-refractivity contribution in [2.45, 2.75) is 51.5 Å². The highest BCUT2D eigenvalue weighted by molar-refractivity contribution is 6.08. The lowest BCUT2D eigenvalue weighted by Crippen LogP contribution is -2.40. The maximum Gasteiger partial charge on any atom is 0.256 e. The first-order valence-electron chi connectivity index (χ1n) is 17.1. The van der Waals surface area contributed by atoms with Gasteiger partial charge in [0.15, 0.2) is 0 Å². The normalized spacial score (nSPS) is 14.2. The van der Waals surface area contributed by atoms with Gasteiger partial charge in [0.25, 0.3) is 5.91 Å². The second kappa shape index (κ2) is 14.9. The molecule has 6 rings (SSSR count). The van der Waals surface area contributed by atoms with E-state index in [4.69, 9.17) is 0 Å². The molecule has 2 amide bonds. The van der Waals surface area contributed by atoms with Crippen LogP contribution in [-0.2, 0) is 16.8 Å². The zero-order chi connectivity index (χ0) is 34.4. The van der Waals surface area contributed by atoms with E-state index in [1.165, 1.54) is 17.7 Å². The van der Waals surface area contributed by atoms with E-state index < -0.39 is 0 Å². The Kier molecular flexibility index (Phi) is 10.2. The first-order valence-corrected chi connectivity index (χ1v) is 17.1. The average molecular weight is 654 g/mol. The molecule has 5 aromatic rings. The molecule has 0 bridgehead atoms. The van der Waals surface area contributed by atoms with Crippen LogP contribution in [0.25, 0.3) is 11.1 Å². The van der Waals surface area contributed by atoms with Gasteiger partial charge in [-0.1, -0.05) is 106 Å². The Morgan fingerprint density at radius 1 is 0.776 bits per heavy atom. The minimum Gasteiger partial charge on any atom is -0.372 e. The Bertz CT molecular complexity index is 1860. The Morgan fingerprint density at radius 3 is 2.06 bits per heavy atom. The number of nitrogens with zero attached hydrogens (tertiary/aromatic N) is 1. The van der Waals surface area contributed by atoms with Gasteiger partial charge < -0.3 is 15.5 Å². The molecule has 1 heterocycles. The molecule has 0 aliphatic carbocycles. The molecule has 1 fully saturated rings. The summed E-state index contributed by atoms with van der Waals surface area (Å²) >= 11 is 0. The molecular formula is C43H44FN3O2. The predicted molar refractivity (Wildman–Crippen MR) is 197 cm³/mol. The molecule has 1 saturated heterocycles. The second-order valence-electron chi connectivity index (χ2n) is 13.9. The molecule has 0 saturated carbocycles. The molecule has 1 aliphatic heterocycles. The van der Waals surface area contributed by atoms with Crippen molar-refractivity contribution in [3.63, 3.8) is 0 Å². The van der Waals surface area contributed by atoms with Crippen molar-refractivity contribution in [2.75, 3.05) is 23.3 Å². The highest BCUT2D eigenvalue weighted by Gasteiger charge is 2.33. The summed E-state index contributed by atoms with van der Waals surface area (Å²) in [5, 5.41) is 6.21. The Morgan fingerprint density at radius 2 is 1.41 bits per heavy atom. The molecule has 5 aromatic carbocycles. The van der Waals surface area contributed by atoms with Crippen LogP contribution in [-0.4, -0.2) is 24.9 Å². The second-order valence-corrected chi connectivity index (χ2v) is 13.9. The number of piperidine rings is 1. The molecule has 0 aromatic heterocycles. The van der Waals surface area contributed by atoms with Crippen molar-refractivity contribution in [1.82, 2.24) is 5.32 Å². The topological polar surface area (TPSA) is 61.4 Å². The molecular weight excluding hydrogens is 609 g/mol. The molecule has 1 unspecified atom stereocenters. The van der Waals surface area contributed by atoms with Crippen LogP contribution in [0.4, 0.5) is 15.8 Å². The van der Waals surface area contributed by atoms with Crippen LogP contribution >= 0.6 is 0 Å². The summed E-state index contributed by atoms with van der Waals surface area (Å²) in [6.45, 7) is 8.61. The average Bonchev–Trinajstić information content (AvgIpc) is 3.12. The highest BCUT2D eigenvalue weighted by Crippen LogP contribution is 2.35. The molecule has 5 nitrogen and oxygen atoms in total. The number of amides is 2. The number of benzene rings is 5. The van der Waals surface area contributed by atoms with Crippen LogP contribution in [0.3, 0.4) is 0 Å². The van der Waals surface area contributed by atoms with Gasteiger partial charge >= 0.3 is 0 Å². The van der Waals surface area contributed by atoms with E-state index in [0.29, 0.717) is 12.1 Å². The molecule has 2 N–H and O–H groups in total. The third-order valence-corrected chi connectivity index (χ3v) is 9.56. The SMILES string of the molecule is CC(C)(C)c1ccc(-c2ccccc2C(=O)Nc2ccc(N3CCC(C(C(=O)NCc4ccccc4)c4ccc(F)cc4)CC3)cc2)cc1. The Hall–Kier alpha value is -5.23. The van der Waals surface area contributed by atoms with E-state index in [9.17, 15) is 14.0 Å². The predicted octanol–water partition coefficient (Wildman–Crippen LogP) is 9.36. The summed E-state index contributed by atoms with van der Waals surface area (Å²) in [5.41, 5.74) is 7.52. The van der Waals surface area contributed by atoms with E-state index in [1.807, 2.05) is 78.9 Å². The van der Waals surface area contributed by atoms with Crippen LogP contribution in [0.15, 0.2) is 127 Å². The van der Waals surface area contributed by atoms with Crippen molar-refractivity contribution in [3.8, 4) is 11.1 Å². The maximum atomic E-state index is 13.8. The number of carbonyl (C=O) groups excluding carboxylic acids is 2. The number of anilines is 2. The van der Waals surface area contributed by atoms with Crippen molar-refractivity contribution < 1.29 is 14.0 Å². The lowest BCUT2D eigenvalue weighted by Gasteiger charge is -2.37. The fourth-order valence-corrected chi connectivity index (χ4v) is 6.73. The van der Waals surface area contributed by atoms with Gasteiger partial charge in [0.2, 0.25) is 5.91 Å². The molecule has 6 heteroatoms. The van der Waals surface area contributed by atoms with E-state index in [2.05, 4.69) is 60.6 Å². The molecule has 0 spiro atoms. The van der Waals surface area contributed by atoms with Gasteiger partial charge in [-0.2, -0.15) is 0 Å². The smallest absolute Gasteiger partial charge is 0.256 e. The summed E-state index contributed by atoms with van der Waals surface area (Å²) in [7, 11) is 0. The largest absolute Gasteiger partial charge is 0.372 e. The van der Waals surface area contributed by atoms with Crippen LogP contribution in [0, 0.1) is 11.7 Å². The van der Waals surface area contributed by atoms with E-state index >= 15 is 0 Å². The molecule has 49 heavy (non-hydrogen) atoms. The molecule has 1 aliphatic rings. The first kappa shape index (κ1) is 33.7. The standard InChI is InChI=1S/C43H44FN3O2/c1-43(2,3)34-17-13-31(14-18-34)38-11-7-8-12-39(38)41(48)46-36-21-23-37(24-22-36)47-27-25-33(26-28-47)40(32-15-19-35(44)20-16-32)42(49)45-29-30-9-5-4-6-10-30/h4-24,33,40H,25-29H2,1-3H3,(H,45,49)(H,46,48). The number of rotatable bonds is 9. The van der Waals surface area contributed by atoms with Crippen molar-refractivity contribution in [1.29, 1.82) is 0 Å². The van der Waals surface area contributed by atoms with Crippen LogP contribution in [0.2, 0.25) is 0 Å². The van der Waals surface area contributed by atoms with Crippen molar-refractivity contribution in [3.05, 3.63) is 155 Å². The third-order valence-electron chi connectivity index (χ3n) is 9.56. The minimum atomic E-state index is -0.358. The Balaban J connectivity index is 1.09. The number of hydrogen-bond acceptors (Lipinski definition) is 3. The highest BCUT2D eigenvalue weighted by atomic mass is 19.1. The summed E-state index contributed by atoms with van der Waals surface area (Å²) in [5.74, 6) is -0.722. The van der Waals surface area contributed by atoms with Crippen LogP contribution in [0.1, 0.15) is 66.6 Å². The number of carbonyl (C=O) groups is 2. The lowest BCUT2D eigenvalue weighted by atomic mass is 9.79. The minimum absolute atomic E-state index is 0.0301. The number of nitrogens with one attached hydrogen (secondary N) is 2. The summed E-state index contributed by atoms with van der Waals surface area (Å²) < 4.78 is 13.8. The quantitative estimate of drug-likeness (QED) is 0.167. The van der Waals surface area contributed by atoms with Gasteiger partial charge in [-0.25, -0.2) is 4.39 Å². The van der Waals surface area contributed by atoms with E-state index in [-0.39, 0.29) is 34.9 Å². The van der Waals surface area contributed by atoms with Gasteiger partial charge in [-0.05, 0) is 94.5 Å². The number of halogens is 1. The van der Waals surface area contributed by atoms with Gasteiger partial charge in [0.1, 0.15) is 5.82 Å². The molecule has 250 valence electrons. The van der Waals surface area contributed by atoms with Crippen LogP contribution in [0.5, 0.6) is 0 Å². The first-order chi connectivity index (χ1) is 23.7. The monoisotopic (exact) mass is 653 g/mol. The summed E-state index contributed by atoms with van der Waals surface area (Å²) in [6.07, 6.45) is 1.65. The Labute approximate surface area is 289 Å². The third kappa shape index (κ3) is 8.26. The lowest BCUT2D eigenvalue weighted by molar-refractivity contribution is -0.124. The summed E-state index contributed by atoms with van der Waals surface area (Å²) in [4.78, 5) is 29.4. The maximum absolute atomic E-state index is 13.8. The zero-order valence-electron chi connectivity index (χ0n) is 28.5. The van der Waals surface area contributed by atoms with Gasteiger partial charge in [0, 0.05) is 36.6 Å². The summed E-state index contributed by atoms with van der Waals surface area (Å²) in [6, 6.07) is 40.3. The van der Waals surface area contributed by atoms with Gasteiger partial charge in [0.05, 0.1) is 5.92 Å². The molecule has 0 radical (unpaired) electrons. The zero-order valence-corrected chi connectivity index (χ0v) is 28.5. The van der Waals surface area contributed by atoms with Crippen molar-refractivity contribution >= 4 is 23.2 Å².